The van der Waals surface area contributed by atoms with Crippen LogP contribution in [0.5, 0.6) is 0 Å². The molecule has 0 saturated heterocycles. The van der Waals surface area contributed by atoms with Gasteiger partial charge in [-0.2, -0.15) is 0 Å². The Kier molecular flexibility index (Phi) is 45.4. The minimum Gasteiger partial charge on any atom is -1.51 e. The first-order valence-electron chi connectivity index (χ1n) is 7.29. The zero-order chi connectivity index (χ0) is 16.7. The number of hydrogen-bond acceptors (Lipinski definition) is 6. The fourth-order valence-electron chi connectivity index (χ4n) is 1.10. The first-order chi connectivity index (χ1) is 10.8. The van der Waals surface area contributed by atoms with E-state index in [1.807, 2.05) is 12.2 Å². The van der Waals surface area contributed by atoms with E-state index in [2.05, 4.69) is 21.3 Å². The van der Waals surface area contributed by atoms with Crippen molar-refractivity contribution in [1.29, 1.82) is 0 Å². The molecule has 0 aliphatic rings. The van der Waals surface area contributed by atoms with Gasteiger partial charge < -0.3 is 39.1 Å². The van der Waals surface area contributed by atoms with Crippen molar-refractivity contribution in [3.8, 4) is 11.8 Å². The van der Waals surface area contributed by atoms with Gasteiger partial charge in [-0.25, -0.2) is 0 Å². The SMILES string of the molecule is COCOCC/C=C\CCO.COCOCCC#CCCO.[HH].[Ni].[PH-2]. The Balaban J connectivity index is -0.0000000952. The summed E-state index contributed by atoms with van der Waals surface area (Å²) in [5.74, 6) is 5.65. The summed E-state index contributed by atoms with van der Waals surface area (Å²) in [6, 6.07) is 0. The second kappa shape index (κ2) is 34.3. The minimum absolute atomic E-state index is 0. The Hall–Kier alpha value is -0.0165. The molecule has 0 unspecified atom stereocenters. The predicted octanol–water partition coefficient (Wildman–Crippen LogP) is 2.16. The van der Waals surface area contributed by atoms with Gasteiger partial charge in [-0.3, -0.25) is 0 Å². The molecule has 150 valence electrons. The van der Waals surface area contributed by atoms with Crippen LogP contribution in [-0.2, 0) is 35.4 Å². The largest absolute Gasteiger partial charge is 1.51 e. The average Bonchev–Trinajstić information content (AvgIpc) is 2.54. The Bertz CT molecular complexity index is 288. The monoisotopic (exact) mass is 410 g/mol. The first-order valence-corrected chi connectivity index (χ1v) is 7.29. The summed E-state index contributed by atoms with van der Waals surface area (Å²) in [6.07, 6.45) is 6.78. The molecule has 0 amide bonds. The van der Waals surface area contributed by atoms with Crippen molar-refractivity contribution in [3.63, 3.8) is 0 Å². The standard InChI is InChI=1S/C8H16O3.C8H14O3.Ni.HP.H2/c2*1-10-8-11-7-5-3-2-4-6-9;;;/h2-3,9H,4-8H2,1H3;9H,4-8H2,1H3;;2*1H/q;;;-2;/b3-2-;;;;. The summed E-state index contributed by atoms with van der Waals surface area (Å²) >= 11 is 0. The molecule has 0 atom stereocenters. The third kappa shape index (κ3) is 37.9. The van der Waals surface area contributed by atoms with Crippen LogP contribution in [0.15, 0.2) is 12.2 Å². The number of aliphatic hydroxyl groups excluding tert-OH is 2. The maximum Gasteiger partial charge on any atom is 0.146 e. The van der Waals surface area contributed by atoms with E-state index in [0.29, 0.717) is 39.6 Å². The van der Waals surface area contributed by atoms with Crippen LogP contribution in [0.1, 0.15) is 27.1 Å². The van der Waals surface area contributed by atoms with E-state index in [-0.39, 0.29) is 41.0 Å². The van der Waals surface area contributed by atoms with Crippen LogP contribution in [0.3, 0.4) is 0 Å². The molecule has 8 heteroatoms. The molecular weight excluding hydrogens is 378 g/mol. The van der Waals surface area contributed by atoms with Crippen LogP contribution in [0.25, 0.3) is 0 Å². The van der Waals surface area contributed by atoms with Crippen molar-refractivity contribution in [3.05, 3.63) is 12.2 Å². The van der Waals surface area contributed by atoms with E-state index in [1.165, 1.54) is 0 Å². The first kappa shape index (κ1) is 31.7. The molecule has 0 bridgehead atoms. The third-order valence-electron chi connectivity index (χ3n) is 2.03. The Morgan fingerprint density at radius 2 is 1.38 bits per heavy atom. The summed E-state index contributed by atoms with van der Waals surface area (Å²) in [7, 11) is 3.18. The molecule has 0 heterocycles. The van der Waals surface area contributed by atoms with Crippen LogP contribution in [0.2, 0.25) is 0 Å². The van der Waals surface area contributed by atoms with Gasteiger partial charge in [0.05, 0.1) is 19.8 Å². The van der Waals surface area contributed by atoms with Gasteiger partial charge in [0.1, 0.15) is 13.6 Å². The van der Waals surface area contributed by atoms with E-state index >= 15 is 0 Å². The number of methoxy groups -OCH3 is 2. The van der Waals surface area contributed by atoms with E-state index < -0.39 is 0 Å². The Labute approximate surface area is 161 Å². The quantitative estimate of drug-likeness (QED) is 0.128. The molecule has 0 rings (SSSR count). The topological polar surface area (TPSA) is 77.4 Å². The summed E-state index contributed by atoms with van der Waals surface area (Å²) in [4.78, 5) is 0. The fourth-order valence-corrected chi connectivity index (χ4v) is 1.10. The van der Waals surface area contributed by atoms with Gasteiger partial charge >= 0.3 is 0 Å². The van der Waals surface area contributed by atoms with Gasteiger partial charge in [0.2, 0.25) is 0 Å². The van der Waals surface area contributed by atoms with Gasteiger partial charge in [0.15, 0.2) is 0 Å². The molecule has 2 N–H and O–H groups in total. The molecule has 24 heavy (non-hydrogen) atoms. The van der Waals surface area contributed by atoms with E-state index in [9.17, 15) is 0 Å². The van der Waals surface area contributed by atoms with Gasteiger partial charge in [-0.05, 0) is 12.8 Å². The average molecular weight is 411 g/mol. The molecular formula is C16H33NiO6P-2. The second-order valence-electron chi connectivity index (χ2n) is 3.98. The van der Waals surface area contributed by atoms with Crippen LogP contribution >= 0.6 is 9.90 Å². The maximum atomic E-state index is 8.40. The van der Waals surface area contributed by atoms with Crippen LogP contribution in [0.4, 0.5) is 0 Å². The summed E-state index contributed by atoms with van der Waals surface area (Å²) < 4.78 is 19.3. The van der Waals surface area contributed by atoms with Crippen molar-refractivity contribution in [1.82, 2.24) is 0 Å². The van der Waals surface area contributed by atoms with E-state index in [4.69, 9.17) is 19.7 Å². The van der Waals surface area contributed by atoms with Gasteiger partial charge in [0, 0.05) is 51.6 Å². The second-order valence-corrected chi connectivity index (χ2v) is 3.98. The third-order valence-corrected chi connectivity index (χ3v) is 2.03. The van der Waals surface area contributed by atoms with Crippen molar-refractivity contribution in [2.75, 3.05) is 54.2 Å². The molecule has 0 spiro atoms. The zero-order valence-corrected chi connectivity index (χ0v) is 16.6. The summed E-state index contributed by atoms with van der Waals surface area (Å²) in [6.45, 7) is 2.29. The van der Waals surface area contributed by atoms with Crippen LogP contribution < -0.4 is 0 Å². The van der Waals surface area contributed by atoms with Crippen molar-refractivity contribution in [2.24, 2.45) is 0 Å². The zero-order valence-electron chi connectivity index (χ0n) is 14.6. The number of ether oxygens (including phenoxy) is 4. The summed E-state index contributed by atoms with van der Waals surface area (Å²) in [5, 5.41) is 16.8. The molecule has 0 fully saturated rings. The van der Waals surface area contributed by atoms with Crippen LogP contribution in [-0.4, -0.2) is 64.4 Å². The van der Waals surface area contributed by atoms with E-state index in [0.717, 1.165) is 12.8 Å². The van der Waals surface area contributed by atoms with E-state index in [1.54, 1.807) is 14.2 Å². The number of aliphatic hydroxyl groups is 2. The van der Waals surface area contributed by atoms with Gasteiger partial charge in [0.25, 0.3) is 0 Å². The summed E-state index contributed by atoms with van der Waals surface area (Å²) in [5.41, 5.74) is 0. The molecule has 0 aromatic heterocycles. The van der Waals surface area contributed by atoms with Crippen molar-refractivity contribution in [2.45, 2.75) is 25.7 Å². The molecule has 0 aromatic rings. The Morgan fingerprint density at radius 3 is 1.92 bits per heavy atom. The molecule has 0 radical (unpaired) electrons. The maximum absolute atomic E-state index is 8.40. The molecule has 6 nitrogen and oxygen atoms in total. The molecule has 0 aliphatic heterocycles. The minimum atomic E-state index is 0. The smallest absolute Gasteiger partial charge is 0.146 e. The fraction of sp³-hybridized carbons (Fsp3) is 0.750. The van der Waals surface area contributed by atoms with Crippen molar-refractivity contribution < 1.29 is 47.1 Å². The number of hydrogen-bond donors (Lipinski definition) is 2. The molecule has 0 aromatic carbocycles. The Morgan fingerprint density at radius 1 is 0.833 bits per heavy atom. The van der Waals surface area contributed by atoms with Crippen molar-refractivity contribution >= 4 is 9.90 Å². The molecule has 0 aliphatic carbocycles. The molecule has 0 saturated carbocycles. The van der Waals surface area contributed by atoms with Gasteiger partial charge in [-0.1, -0.05) is 12.2 Å². The normalized spacial score (nSPS) is 9.17. The van der Waals surface area contributed by atoms with Gasteiger partial charge in [-0.15, -0.1) is 11.8 Å². The number of rotatable bonds is 12. The van der Waals surface area contributed by atoms with Crippen LogP contribution in [0, 0.1) is 11.8 Å². The predicted molar refractivity (Wildman–Crippen MR) is 95.6 cm³/mol.